The predicted octanol–water partition coefficient (Wildman–Crippen LogP) is 4.62. The van der Waals surface area contributed by atoms with E-state index >= 15 is 0 Å². The van der Waals surface area contributed by atoms with Crippen molar-refractivity contribution in [3.8, 4) is 5.69 Å². The van der Waals surface area contributed by atoms with Crippen LogP contribution in [0.3, 0.4) is 0 Å². The molecule has 0 saturated heterocycles. The number of carboxylic acids is 1. The summed E-state index contributed by atoms with van der Waals surface area (Å²) in [5, 5.41) is 17.7. The van der Waals surface area contributed by atoms with Gasteiger partial charge in [0.15, 0.2) is 0 Å². The number of halogens is 1. The third kappa shape index (κ3) is 5.28. The Labute approximate surface area is 235 Å². The van der Waals surface area contributed by atoms with Gasteiger partial charge in [0.2, 0.25) is 0 Å². The fourth-order valence-electron chi connectivity index (χ4n) is 5.02. The maximum Gasteiger partial charge on any atom is 0.350 e. The van der Waals surface area contributed by atoms with Crippen molar-refractivity contribution in [2.75, 3.05) is 0 Å². The van der Waals surface area contributed by atoms with Gasteiger partial charge in [-0.25, -0.2) is 18.8 Å². The van der Waals surface area contributed by atoms with Gasteiger partial charge >= 0.3 is 11.7 Å². The number of carbonyl (C=O) groups is 2. The maximum absolute atomic E-state index is 13.0. The Hall–Kier alpha value is -4.63. The molecule has 1 amide bonds. The standard InChI is InChI=1S/C24H22ClN5O4.C6H6/c1-13-3-7-19-17(9-13)21(23(32)33)20-8-4-14(11-29(19)20)27-22(31)16-6-5-15(10-18(16)25)30-12-26-28(2)24(30)34;1-2-4-6-5-3-1/h3,5-7,9-10,12,14H,4,8,11H2,1-2H3,(H,27,31)(H,32,33);1-6H. The molecule has 10 heteroatoms. The van der Waals surface area contributed by atoms with E-state index < -0.39 is 5.97 Å². The fraction of sp³-hybridized carbons (Fsp3) is 0.200. The molecule has 3 aromatic carbocycles. The van der Waals surface area contributed by atoms with Crippen molar-refractivity contribution in [3.63, 3.8) is 0 Å². The third-order valence-corrected chi connectivity index (χ3v) is 7.29. The minimum Gasteiger partial charge on any atom is -0.478 e. The lowest BCUT2D eigenvalue weighted by atomic mass is 10.0. The van der Waals surface area contributed by atoms with E-state index in [4.69, 9.17) is 11.6 Å². The van der Waals surface area contributed by atoms with E-state index in [0.29, 0.717) is 36.2 Å². The molecule has 3 heterocycles. The molecule has 0 bridgehead atoms. The van der Waals surface area contributed by atoms with Crippen LogP contribution in [0.25, 0.3) is 16.6 Å². The average Bonchev–Trinajstić information content (AvgIpc) is 3.45. The molecule has 2 N–H and O–H groups in total. The number of aromatic nitrogens is 4. The van der Waals surface area contributed by atoms with Crippen molar-refractivity contribution >= 4 is 34.4 Å². The highest BCUT2D eigenvalue weighted by Crippen LogP contribution is 2.32. The maximum atomic E-state index is 13.0. The van der Waals surface area contributed by atoms with E-state index in [-0.39, 0.29) is 22.7 Å². The van der Waals surface area contributed by atoms with Crippen LogP contribution in [0.1, 0.15) is 38.4 Å². The molecule has 6 rings (SSSR count). The van der Waals surface area contributed by atoms with Gasteiger partial charge in [0.25, 0.3) is 5.91 Å². The molecule has 1 aliphatic heterocycles. The number of nitrogens with one attached hydrogen (secondary N) is 1. The van der Waals surface area contributed by atoms with Gasteiger partial charge < -0.3 is 15.0 Å². The molecule has 1 unspecified atom stereocenters. The summed E-state index contributed by atoms with van der Waals surface area (Å²) in [5.41, 5.74) is 3.46. The Balaban J connectivity index is 0.000000477. The van der Waals surface area contributed by atoms with Crippen molar-refractivity contribution in [1.82, 2.24) is 24.2 Å². The van der Waals surface area contributed by atoms with E-state index in [1.54, 1.807) is 25.2 Å². The zero-order valence-corrected chi connectivity index (χ0v) is 22.8. The molecule has 0 radical (unpaired) electrons. The first-order chi connectivity index (χ1) is 19.2. The Morgan fingerprint density at radius 3 is 2.35 bits per heavy atom. The summed E-state index contributed by atoms with van der Waals surface area (Å²) < 4.78 is 4.54. The summed E-state index contributed by atoms with van der Waals surface area (Å²) in [6.45, 7) is 2.40. The third-order valence-electron chi connectivity index (χ3n) is 6.97. The second kappa shape index (κ2) is 11.2. The number of hydrogen-bond acceptors (Lipinski definition) is 4. The van der Waals surface area contributed by atoms with Crippen LogP contribution in [0.15, 0.2) is 83.9 Å². The van der Waals surface area contributed by atoms with Crippen molar-refractivity contribution in [2.45, 2.75) is 32.4 Å². The molecule has 0 saturated carbocycles. The van der Waals surface area contributed by atoms with Crippen LogP contribution in [0.2, 0.25) is 5.02 Å². The number of nitrogens with zero attached hydrogens (tertiary/aromatic N) is 4. The molecular weight excluding hydrogens is 530 g/mol. The lowest BCUT2D eigenvalue weighted by Crippen LogP contribution is -2.41. The predicted molar refractivity (Wildman–Crippen MR) is 153 cm³/mol. The van der Waals surface area contributed by atoms with E-state index in [2.05, 4.69) is 10.4 Å². The Morgan fingerprint density at radius 2 is 1.75 bits per heavy atom. The monoisotopic (exact) mass is 557 g/mol. The number of fused-ring (bicyclic) bond motifs is 3. The highest BCUT2D eigenvalue weighted by Gasteiger charge is 2.29. The summed E-state index contributed by atoms with van der Waals surface area (Å²) >= 11 is 6.39. The summed E-state index contributed by atoms with van der Waals surface area (Å²) in [5.74, 6) is -1.26. The highest BCUT2D eigenvalue weighted by molar-refractivity contribution is 6.34. The smallest absolute Gasteiger partial charge is 0.350 e. The summed E-state index contributed by atoms with van der Waals surface area (Å²) in [6.07, 6.45) is 2.54. The molecule has 9 nitrogen and oxygen atoms in total. The molecule has 0 aliphatic carbocycles. The Morgan fingerprint density at radius 1 is 1.05 bits per heavy atom. The van der Waals surface area contributed by atoms with E-state index in [9.17, 15) is 19.5 Å². The van der Waals surface area contributed by atoms with E-state index in [0.717, 1.165) is 22.2 Å². The van der Waals surface area contributed by atoms with Crippen LogP contribution in [-0.2, 0) is 20.0 Å². The number of aryl methyl sites for hydroxylation is 2. The summed E-state index contributed by atoms with van der Waals surface area (Å²) in [7, 11) is 1.55. The van der Waals surface area contributed by atoms with Gasteiger partial charge in [-0.05, 0) is 50.1 Å². The molecular formula is C30H28ClN5O4. The average molecular weight is 558 g/mol. The molecule has 2 aromatic heterocycles. The number of amides is 1. The summed E-state index contributed by atoms with van der Waals surface area (Å²) in [4.78, 5) is 37.1. The van der Waals surface area contributed by atoms with Crippen LogP contribution >= 0.6 is 11.6 Å². The van der Waals surface area contributed by atoms with Crippen LogP contribution in [0.5, 0.6) is 0 Å². The van der Waals surface area contributed by atoms with Gasteiger partial charge in [0, 0.05) is 36.2 Å². The van der Waals surface area contributed by atoms with Crippen LogP contribution in [0, 0.1) is 6.92 Å². The van der Waals surface area contributed by atoms with Gasteiger partial charge in [0.1, 0.15) is 6.33 Å². The number of benzene rings is 3. The second-order valence-electron chi connectivity index (χ2n) is 9.69. The minimum atomic E-state index is -0.938. The van der Waals surface area contributed by atoms with Crippen molar-refractivity contribution in [1.29, 1.82) is 0 Å². The topological polar surface area (TPSA) is 111 Å². The van der Waals surface area contributed by atoms with Crippen LogP contribution in [-0.4, -0.2) is 41.9 Å². The Kier molecular flexibility index (Phi) is 7.57. The first-order valence-electron chi connectivity index (χ1n) is 12.8. The number of carboxylic acid groups (broad SMARTS) is 1. The molecule has 5 aromatic rings. The second-order valence-corrected chi connectivity index (χ2v) is 10.1. The van der Waals surface area contributed by atoms with Gasteiger partial charge in [-0.2, -0.15) is 5.10 Å². The molecule has 1 atom stereocenters. The Bertz CT molecular complexity index is 1740. The molecule has 40 heavy (non-hydrogen) atoms. The zero-order valence-electron chi connectivity index (χ0n) is 22.0. The van der Waals surface area contributed by atoms with Crippen LogP contribution in [0.4, 0.5) is 0 Å². The lowest BCUT2D eigenvalue weighted by Gasteiger charge is -2.27. The molecule has 0 spiro atoms. The normalized spacial score (nSPS) is 14.2. The van der Waals surface area contributed by atoms with E-state index in [1.165, 1.54) is 15.6 Å². The number of carbonyl (C=O) groups excluding carboxylic acids is 1. The quantitative estimate of drug-likeness (QED) is 0.335. The molecule has 204 valence electrons. The van der Waals surface area contributed by atoms with Gasteiger partial charge in [-0.15, -0.1) is 0 Å². The first kappa shape index (κ1) is 27.0. The van der Waals surface area contributed by atoms with Gasteiger partial charge in [-0.3, -0.25) is 4.79 Å². The van der Waals surface area contributed by atoms with Gasteiger partial charge in [-0.1, -0.05) is 59.6 Å². The largest absolute Gasteiger partial charge is 0.478 e. The van der Waals surface area contributed by atoms with Crippen molar-refractivity contribution < 1.29 is 14.7 Å². The fourth-order valence-corrected chi connectivity index (χ4v) is 5.28. The lowest BCUT2D eigenvalue weighted by molar-refractivity contribution is 0.0696. The van der Waals surface area contributed by atoms with Crippen molar-refractivity contribution in [2.24, 2.45) is 7.05 Å². The molecule has 0 fully saturated rings. The molecule has 1 aliphatic rings. The number of aromatic carboxylic acids is 1. The van der Waals surface area contributed by atoms with E-state index in [1.807, 2.05) is 66.1 Å². The zero-order chi connectivity index (χ0) is 28.4. The van der Waals surface area contributed by atoms with Crippen molar-refractivity contribution in [3.05, 3.63) is 117 Å². The van der Waals surface area contributed by atoms with Gasteiger partial charge in [0.05, 0.1) is 21.8 Å². The van der Waals surface area contributed by atoms with Crippen LogP contribution < -0.4 is 11.0 Å². The highest BCUT2D eigenvalue weighted by atomic mass is 35.5. The SMILES string of the molecule is Cc1ccc2c(c1)c(C(=O)O)c1n2CC(NC(=O)c2ccc(-n3cnn(C)c3=O)cc2Cl)CC1.c1ccccc1. The summed E-state index contributed by atoms with van der Waals surface area (Å²) in [6, 6.07) is 22.4. The number of hydrogen-bond donors (Lipinski definition) is 2. The minimum absolute atomic E-state index is 0.185. The first-order valence-corrected chi connectivity index (χ1v) is 13.2. The number of rotatable bonds is 4.